The maximum atomic E-state index is 12.7. The highest BCUT2D eigenvalue weighted by molar-refractivity contribution is 5.94. The molecule has 24 heavy (non-hydrogen) atoms. The summed E-state index contributed by atoms with van der Waals surface area (Å²) in [6.07, 6.45) is 8.03. The lowest BCUT2D eigenvalue weighted by Gasteiger charge is -2.32. The standard InChI is InChI=1S/C18H21N3O3/c22-17(23)8-3-14-2-1-10-20(12-14)18(24)15-4-6-16(7-5-15)21-11-9-19-13-21/h4-7,9,11,13-14H,1-3,8,10,12H2,(H,22,23)/t14-/m1/s1. The van der Waals surface area contributed by atoms with E-state index in [-0.39, 0.29) is 18.2 Å². The number of benzene rings is 1. The Hall–Kier alpha value is -2.63. The zero-order valence-electron chi connectivity index (χ0n) is 13.5. The number of aliphatic carboxylic acids is 1. The molecule has 2 heterocycles. The Balaban J connectivity index is 1.64. The van der Waals surface area contributed by atoms with Crippen molar-refractivity contribution in [3.05, 3.63) is 48.5 Å². The molecule has 6 heteroatoms. The van der Waals surface area contributed by atoms with Gasteiger partial charge in [0.05, 0.1) is 6.33 Å². The van der Waals surface area contributed by atoms with Gasteiger partial charge in [-0.25, -0.2) is 4.98 Å². The van der Waals surface area contributed by atoms with Crippen LogP contribution in [0.4, 0.5) is 0 Å². The number of carbonyl (C=O) groups excluding carboxylic acids is 1. The Morgan fingerprint density at radius 2 is 2.04 bits per heavy atom. The summed E-state index contributed by atoms with van der Waals surface area (Å²) in [6.45, 7) is 1.39. The number of aromatic nitrogens is 2. The molecule has 1 N–H and O–H groups in total. The van der Waals surface area contributed by atoms with Crippen LogP contribution in [0, 0.1) is 5.92 Å². The lowest BCUT2D eigenvalue weighted by molar-refractivity contribution is -0.137. The van der Waals surface area contributed by atoms with Gasteiger partial charge in [-0.3, -0.25) is 9.59 Å². The van der Waals surface area contributed by atoms with Crippen molar-refractivity contribution < 1.29 is 14.7 Å². The third-order valence-electron chi connectivity index (χ3n) is 4.49. The van der Waals surface area contributed by atoms with E-state index in [1.807, 2.05) is 39.9 Å². The van der Waals surface area contributed by atoms with Gasteiger partial charge in [-0.05, 0) is 49.4 Å². The predicted octanol–water partition coefficient (Wildman–Crippen LogP) is 2.59. The number of hydrogen-bond donors (Lipinski definition) is 1. The summed E-state index contributed by atoms with van der Waals surface area (Å²) in [5.74, 6) is -0.468. The minimum Gasteiger partial charge on any atom is -0.481 e. The van der Waals surface area contributed by atoms with Gasteiger partial charge in [-0.1, -0.05) is 0 Å². The van der Waals surface area contributed by atoms with Crippen LogP contribution in [0.3, 0.4) is 0 Å². The summed E-state index contributed by atoms with van der Waals surface area (Å²) in [5, 5.41) is 8.81. The molecule has 126 valence electrons. The van der Waals surface area contributed by atoms with Gasteiger partial charge in [0.15, 0.2) is 0 Å². The normalized spacial score (nSPS) is 17.7. The average molecular weight is 327 g/mol. The summed E-state index contributed by atoms with van der Waals surface area (Å²) < 4.78 is 1.89. The van der Waals surface area contributed by atoms with Crippen LogP contribution in [0.2, 0.25) is 0 Å². The van der Waals surface area contributed by atoms with Crippen molar-refractivity contribution in [1.82, 2.24) is 14.5 Å². The summed E-state index contributed by atoms with van der Waals surface area (Å²) in [6, 6.07) is 7.47. The van der Waals surface area contributed by atoms with Crippen molar-refractivity contribution in [2.24, 2.45) is 5.92 Å². The van der Waals surface area contributed by atoms with E-state index in [0.717, 1.165) is 25.1 Å². The molecule has 1 fully saturated rings. The maximum Gasteiger partial charge on any atom is 0.303 e. The van der Waals surface area contributed by atoms with E-state index < -0.39 is 5.97 Å². The average Bonchev–Trinajstić information content (AvgIpc) is 3.14. The number of carbonyl (C=O) groups is 2. The summed E-state index contributed by atoms with van der Waals surface area (Å²) >= 11 is 0. The zero-order chi connectivity index (χ0) is 16.9. The molecule has 2 aromatic rings. The van der Waals surface area contributed by atoms with Crippen LogP contribution in [0.15, 0.2) is 43.0 Å². The van der Waals surface area contributed by atoms with Gasteiger partial charge >= 0.3 is 5.97 Å². The number of nitrogens with zero attached hydrogens (tertiary/aromatic N) is 3. The molecule has 3 rings (SSSR count). The van der Waals surface area contributed by atoms with E-state index >= 15 is 0 Å². The van der Waals surface area contributed by atoms with Crippen LogP contribution in [0.1, 0.15) is 36.0 Å². The number of rotatable bonds is 5. The van der Waals surface area contributed by atoms with Crippen LogP contribution in [-0.4, -0.2) is 44.5 Å². The number of hydrogen-bond acceptors (Lipinski definition) is 3. The molecule has 0 aliphatic carbocycles. The van der Waals surface area contributed by atoms with Crippen molar-refractivity contribution in [2.45, 2.75) is 25.7 Å². The summed E-state index contributed by atoms with van der Waals surface area (Å²) in [4.78, 5) is 29.3. The van der Waals surface area contributed by atoms with Gasteiger partial charge in [0.1, 0.15) is 0 Å². The van der Waals surface area contributed by atoms with Gasteiger partial charge in [0.25, 0.3) is 5.91 Å². The zero-order valence-corrected chi connectivity index (χ0v) is 13.5. The van der Waals surface area contributed by atoms with E-state index in [0.29, 0.717) is 18.5 Å². The lowest BCUT2D eigenvalue weighted by Crippen LogP contribution is -2.40. The van der Waals surface area contributed by atoms with Crippen LogP contribution in [-0.2, 0) is 4.79 Å². The summed E-state index contributed by atoms with van der Waals surface area (Å²) in [7, 11) is 0. The Labute approximate surface area is 140 Å². The molecule has 1 aliphatic heterocycles. The molecule has 1 amide bonds. The number of likely N-dealkylation sites (tertiary alicyclic amines) is 1. The van der Waals surface area contributed by atoms with Gasteiger partial charge in [0, 0.05) is 43.2 Å². The second-order valence-electron chi connectivity index (χ2n) is 6.21. The second-order valence-corrected chi connectivity index (χ2v) is 6.21. The smallest absolute Gasteiger partial charge is 0.303 e. The first-order valence-corrected chi connectivity index (χ1v) is 8.23. The molecular formula is C18H21N3O3. The number of amides is 1. The molecule has 6 nitrogen and oxygen atoms in total. The third kappa shape index (κ3) is 3.82. The van der Waals surface area contributed by atoms with Crippen molar-refractivity contribution in [3.63, 3.8) is 0 Å². The Morgan fingerprint density at radius 1 is 1.25 bits per heavy atom. The van der Waals surface area contributed by atoms with E-state index in [1.165, 1.54) is 0 Å². The topological polar surface area (TPSA) is 75.4 Å². The maximum absolute atomic E-state index is 12.7. The molecule has 0 unspecified atom stereocenters. The largest absolute Gasteiger partial charge is 0.481 e. The number of carboxylic acids is 1. The van der Waals surface area contributed by atoms with Gasteiger partial charge < -0.3 is 14.6 Å². The molecule has 0 spiro atoms. The SMILES string of the molecule is O=C(O)CC[C@H]1CCCN(C(=O)c2ccc(-n3ccnc3)cc2)C1. The van der Waals surface area contributed by atoms with Crippen LogP contribution in [0.25, 0.3) is 5.69 Å². The first kappa shape index (κ1) is 16.2. The molecule has 0 radical (unpaired) electrons. The highest BCUT2D eigenvalue weighted by Crippen LogP contribution is 2.22. The quantitative estimate of drug-likeness (QED) is 0.916. The second kappa shape index (κ2) is 7.29. The molecule has 1 saturated heterocycles. The fourth-order valence-electron chi connectivity index (χ4n) is 3.18. The minimum atomic E-state index is -0.770. The fourth-order valence-corrected chi connectivity index (χ4v) is 3.18. The molecule has 1 aromatic carbocycles. The van der Waals surface area contributed by atoms with Crippen LogP contribution >= 0.6 is 0 Å². The van der Waals surface area contributed by atoms with E-state index in [4.69, 9.17) is 5.11 Å². The molecule has 1 aromatic heterocycles. The van der Waals surface area contributed by atoms with Crippen molar-refractivity contribution in [1.29, 1.82) is 0 Å². The molecule has 0 bridgehead atoms. The Bertz CT molecular complexity index is 695. The number of piperidine rings is 1. The van der Waals surface area contributed by atoms with Gasteiger partial charge in [-0.2, -0.15) is 0 Å². The molecule has 1 aliphatic rings. The number of imidazole rings is 1. The highest BCUT2D eigenvalue weighted by atomic mass is 16.4. The molecule has 0 saturated carbocycles. The monoisotopic (exact) mass is 327 g/mol. The Kier molecular flexibility index (Phi) is 4.93. The van der Waals surface area contributed by atoms with E-state index in [2.05, 4.69) is 4.98 Å². The first-order valence-electron chi connectivity index (χ1n) is 8.23. The minimum absolute atomic E-state index is 0.0206. The van der Waals surface area contributed by atoms with Gasteiger partial charge in [-0.15, -0.1) is 0 Å². The fraction of sp³-hybridized carbons (Fsp3) is 0.389. The molecular weight excluding hydrogens is 306 g/mol. The predicted molar refractivity (Wildman–Crippen MR) is 89.1 cm³/mol. The lowest BCUT2D eigenvalue weighted by atomic mass is 9.93. The number of carboxylic acid groups (broad SMARTS) is 1. The van der Waals surface area contributed by atoms with Crippen molar-refractivity contribution in [2.75, 3.05) is 13.1 Å². The van der Waals surface area contributed by atoms with Crippen molar-refractivity contribution >= 4 is 11.9 Å². The van der Waals surface area contributed by atoms with Gasteiger partial charge in [0.2, 0.25) is 0 Å². The van der Waals surface area contributed by atoms with E-state index in [1.54, 1.807) is 12.5 Å². The van der Waals surface area contributed by atoms with Crippen molar-refractivity contribution in [3.8, 4) is 5.69 Å². The van der Waals surface area contributed by atoms with Crippen LogP contribution < -0.4 is 0 Å². The van der Waals surface area contributed by atoms with E-state index in [9.17, 15) is 9.59 Å². The third-order valence-corrected chi connectivity index (χ3v) is 4.49. The van der Waals surface area contributed by atoms with Crippen LogP contribution in [0.5, 0.6) is 0 Å². The molecule has 1 atom stereocenters. The Morgan fingerprint density at radius 3 is 2.71 bits per heavy atom. The summed E-state index contributed by atoms with van der Waals surface area (Å²) in [5.41, 5.74) is 1.62. The highest BCUT2D eigenvalue weighted by Gasteiger charge is 2.24. The first-order chi connectivity index (χ1) is 11.6.